The van der Waals surface area contributed by atoms with Gasteiger partial charge in [-0.1, -0.05) is 0 Å². The van der Waals surface area contributed by atoms with E-state index in [0.29, 0.717) is 37.2 Å². The number of H-pyrrole nitrogens is 2. The van der Waals surface area contributed by atoms with E-state index in [1.165, 1.54) is 26.6 Å². The molecule has 50 heavy (non-hydrogen) atoms. The highest BCUT2D eigenvalue weighted by atomic mass is 79.9. The molecule has 3 atom stereocenters. The van der Waals surface area contributed by atoms with Crippen LogP contribution in [0.3, 0.4) is 0 Å². The Hall–Kier alpha value is -2.41. The summed E-state index contributed by atoms with van der Waals surface area (Å²) in [5, 5.41) is 34.0. The molecule has 1 aliphatic heterocycles. The molecular weight excluding hydrogens is 942 g/mol. The van der Waals surface area contributed by atoms with Gasteiger partial charge in [-0.2, -0.15) is 12.7 Å². The van der Waals surface area contributed by atoms with Gasteiger partial charge < -0.3 is 45.6 Å². The van der Waals surface area contributed by atoms with Gasteiger partial charge in [0.25, 0.3) is 11.8 Å². The number of aromatic nitrogens is 6. The zero-order valence-electron chi connectivity index (χ0n) is 27.9. The van der Waals surface area contributed by atoms with E-state index in [1.807, 2.05) is 4.57 Å². The van der Waals surface area contributed by atoms with Crippen molar-refractivity contribution in [1.82, 2.24) is 43.4 Å². The molecule has 5 rings (SSSR count). The fourth-order valence-corrected chi connectivity index (χ4v) is 7.05. The summed E-state index contributed by atoms with van der Waals surface area (Å²) in [6, 6.07) is 2.87. The number of amides is 2. The normalized spacial score (nSPS) is 16.2. The molecule has 0 aliphatic carbocycles. The lowest BCUT2D eigenvalue weighted by molar-refractivity contribution is 0.0894. The first-order valence-electron chi connectivity index (χ1n) is 14.3. The molecule has 22 heteroatoms. The minimum absolute atomic E-state index is 0.164. The van der Waals surface area contributed by atoms with Crippen molar-refractivity contribution in [1.29, 1.82) is 0 Å². The minimum Gasteiger partial charge on any atom is -0.400 e. The highest BCUT2D eigenvalue weighted by Crippen LogP contribution is 2.38. The second-order valence-electron chi connectivity index (χ2n) is 9.89. The quantitative estimate of drug-likeness (QED) is 0.122. The topological polar surface area (TPSA) is 244 Å². The average molecular weight is 983 g/mol. The summed E-state index contributed by atoms with van der Waals surface area (Å²) in [5.74, 6) is -1.07. The van der Waals surface area contributed by atoms with Crippen molar-refractivity contribution >= 4 is 85.7 Å². The summed E-state index contributed by atoms with van der Waals surface area (Å²) in [6.45, 7) is 0.494. The van der Waals surface area contributed by atoms with E-state index in [9.17, 15) is 18.0 Å². The molecule has 280 valence electrons. The Morgan fingerprint density at radius 1 is 0.880 bits per heavy atom. The van der Waals surface area contributed by atoms with Crippen molar-refractivity contribution in [2.75, 3.05) is 55.6 Å². The summed E-state index contributed by atoms with van der Waals surface area (Å²) >= 11 is 13.5. The SMILES string of the molecule is CN(C)S(=O)(=O)n1cnc([C@H]2[C@H](CNC(=O)c3cc(Br)c(Br)[nH]3)[C@@H](CNC(=O)c3cc(Br)c(Br)[nH]3)Cc3cncn32)c1.CO.CO.CO.CO. The number of nitrogens with zero attached hydrogens (tertiary/aromatic N) is 5. The number of carbonyl (C=O) groups excluding carboxylic acids is 2. The summed E-state index contributed by atoms with van der Waals surface area (Å²) < 4.78 is 32.5. The third-order valence-corrected chi connectivity index (χ3v) is 12.3. The number of fused-ring (bicyclic) bond motifs is 1. The number of halogens is 4. The van der Waals surface area contributed by atoms with Gasteiger partial charge in [0.15, 0.2) is 0 Å². The Morgan fingerprint density at radius 3 is 1.84 bits per heavy atom. The molecule has 0 unspecified atom stereocenters. The number of hydrogen-bond acceptors (Lipinski definition) is 10. The molecule has 1 aliphatic rings. The Labute approximate surface area is 323 Å². The van der Waals surface area contributed by atoms with E-state index in [0.717, 1.165) is 46.9 Å². The maximum Gasteiger partial charge on any atom is 0.308 e. The maximum absolute atomic E-state index is 13.1. The molecule has 17 nitrogen and oxygen atoms in total. The molecule has 0 radical (unpaired) electrons. The van der Waals surface area contributed by atoms with E-state index < -0.39 is 16.3 Å². The number of imidazole rings is 2. The van der Waals surface area contributed by atoms with Gasteiger partial charge in [-0.15, -0.1) is 0 Å². The summed E-state index contributed by atoms with van der Waals surface area (Å²) in [4.78, 5) is 40.9. The largest absolute Gasteiger partial charge is 0.400 e. The summed E-state index contributed by atoms with van der Waals surface area (Å²) in [5.41, 5.74) is 2.12. The van der Waals surface area contributed by atoms with Crippen molar-refractivity contribution in [3.05, 3.63) is 78.1 Å². The number of rotatable bonds is 9. The standard InChI is InChI=1S/C24H25Br4N9O4S.4CH4O/c1-35(2)42(40,41)36-9-19(32-11-36)20-14(8-31-24(39)18-5-16(26)22(28)34-18)12(3-13-7-29-10-37(13)20)6-30-23(38)17-4-15(25)21(27)33-17;4*1-2/h4-5,7,9-12,14,20,33-34H,3,6,8H2,1-2H3,(H,30,38)(H,31,39);4*2H,1H3/t12-,14-,20-;;;;/m1..../s1. The Bertz CT molecular complexity index is 1720. The highest BCUT2D eigenvalue weighted by Gasteiger charge is 2.40. The van der Waals surface area contributed by atoms with Crippen molar-refractivity contribution in [3.8, 4) is 0 Å². The summed E-state index contributed by atoms with van der Waals surface area (Å²) in [6.07, 6.45) is 6.73. The van der Waals surface area contributed by atoms with Gasteiger partial charge in [0.2, 0.25) is 0 Å². The summed E-state index contributed by atoms with van der Waals surface area (Å²) in [7, 11) is 3.09. The van der Waals surface area contributed by atoms with Crippen LogP contribution in [0.1, 0.15) is 38.4 Å². The van der Waals surface area contributed by atoms with Gasteiger partial charge in [-0.05, 0) is 88.2 Å². The van der Waals surface area contributed by atoms with E-state index in [2.05, 4.69) is 94.3 Å². The van der Waals surface area contributed by atoms with Gasteiger partial charge >= 0.3 is 10.2 Å². The van der Waals surface area contributed by atoms with Crippen LogP contribution in [0.4, 0.5) is 0 Å². The van der Waals surface area contributed by atoms with E-state index in [-0.39, 0.29) is 36.7 Å². The molecule has 0 aromatic carbocycles. The molecule has 0 spiro atoms. The van der Waals surface area contributed by atoms with Crippen LogP contribution in [0.2, 0.25) is 0 Å². The van der Waals surface area contributed by atoms with Crippen LogP contribution in [-0.2, 0) is 16.6 Å². The highest BCUT2D eigenvalue weighted by molar-refractivity contribution is 9.13. The van der Waals surface area contributed by atoms with Gasteiger partial charge in [0.05, 0.1) is 36.2 Å². The van der Waals surface area contributed by atoms with Crippen LogP contribution in [0.5, 0.6) is 0 Å². The first-order chi connectivity index (χ1) is 23.9. The van der Waals surface area contributed by atoms with Crippen molar-refractivity contribution in [2.45, 2.75) is 12.5 Å². The first-order valence-corrected chi connectivity index (χ1v) is 18.8. The molecule has 0 bridgehead atoms. The van der Waals surface area contributed by atoms with Crippen LogP contribution in [0.25, 0.3) is 0 Å². The number of carbonyl (C=O) groups is 2. The van der Waals surface area contributed by atoms with Gasteiger partial charge in [0, 0.05) is 79.6 Å². The predicted octanol–water partition coefficient (Wildman–Crippen LogP) is 2.11. The lowest BCUT2D eigenvalue weighted by Crippen LogP contribution is -2.46. The molecule has 0 fully saturated rings. The van der Waals surface area contributed by atoms with Crippen LogP contribution >= 0.6 is 63.7 Å². The van der Waals surface area contributed by atoms with Gasteiger partial charge in [-0.3, -0.25) is 9.59 Å². The van der Waals surface area contributed by atoms with E-state index in [4.69, 9.17) is 20.4 Å². The van der Waals surface area contributed by atoms with Crippen LogP contribution in [0, 0.1) is 11.8 Å². The predicted molar refractivity (Wildman–Crippen MR) is 201 cm³/mol. The minimum atomic E-state index is -3.80. The third kappa shape index (κ3) is 11.0. The van der Waals surface area contributed by atoms with Crippen molar-refractivity contribution in [2.24, 2.45) is 11.8 Å². The Kier molecular flexibility index (Phi) is 19.9. The fraction of sp³-hybridized carbons (Fsp3) is 0.429. The van der Waals surface area contributed by atoms with E-state index >= 15 is 0 Å². The Balaban J connectivity index is 0.00000146. The fourth-order valence-electron chi connectivity index (χ4n) is 4.95. The second kappa shape index (κ2) is 21.8. The third-order valence-electron chi connectivity index (χ3n) is 7.10. The zero-order valence-corrected chi connectivity index (χ0v) is 35.1. The lowest BCUT2D eigenvalue weighted by Gasteiger charge is -2.39. The molecule has 2 amide bonds. The number of nitrogens with one attached hydrogen (secondary N) is 4. The molecule has 8 N–H and O–H groups in total. The Morgan fingerprint density at radius 2 is 1.38 bits per heavy atom. The molecular formula is C28H41Br4N9O8S. The van der Waals surface area contributed by atoms with Gasteiger partial charge in [0.1, 0.15) is 17.7 Å². The smallest absolute Gasteiger partial charge is 0.308 e. The average Bonchev–Trinajstić information content (AvgIpc) is 3.94. The second-order valence-corrected chi connectivity index (χ2v) is 15.2. The molecule has 4 aromatic rings. The monoisotopic (exact) mass is 979 g/mol. The van der Waals surface area contributed by atoms with Crippen molar-refractivity contribution < 1.29 is 38.4 Å². The first kappa shape index (κ1) is 45.6. The molecule has 5 heterocycles. The molecule has 4 aromatic heterocycles. The van der Waals surface area contributed by atoms with Crippen molar-refractivity contribution in [3.63, 3.8) is 0 Å². The van der Waals surface area contributed by atoms with E-state index in [1.54, 1.807) is 24.7 Å². The number of hydrogen-bond donors (Lipinski definition) is 8. The van der Waals surface area contributed by atoms with Crippen LogP contribution < -0.4 is 10.6 Å². The van der Waals surface area contributed by atoms with Gasteiger partial charge in [-0.25, -0.2) is 13.9 Å². The van der Waals surface area contributed by atoms with Crippen LogP contribution in [-0.4, -0.2) is 129 Å². The van der Waals surface area contributed by atoms with Crippen LogP contribution in [0.15, 0.2) is 55.3 Å². The number of aromatic amines is 2. The number of aliphatic hydroxyl groups excluding tert-OH is 4. The number of aliphatic hydroxyl groups is 4. The zero-order chi connectivity index (χ0) is 38.3. The molecule has 0 saturated heterocycles. The maximum atomic E-state index is 13.1. The lowest BCUT2D eigenvalue weighted by atomic mass is 9.78. The molecule has 0 saturated carbocycles.